The first-order valence-corrected chi connectivity index (χ1v) is 9.31. The van der Waals surface area contributed by atoms with E-state index in [0.29, 0.717) is 5.41 Å². The van der Waals surface area contributed by atoms with E-state index in [1.54, 1.807) is 6.92 Å². The Bertz CT molecular complexity index is 314. The van der Waals surface area contributed by atoms with Crippen molar-refractivity contribution in [3.63, 3.8) is 0 Å². The Hall–Kier alpha value is -0.0900. The zero-order chi connectivity index (χ0) is 14.4. The predicted octanol–water partition coefficient (Wildman–Crippen LogP) is 3.28. The third-order valence-corrected chi connectivity index (χ3v) is 6.23. The minimum atomic E-state index is 0.233. The molecule has 3 nitrogen and oxygen atoms in total. The summed E-state index contributed by atoms with van der Waals surface area (Å²) in [6.07, 6.45) is 9.45. The number of rotatable bonds is 3. The second-order valence-corrected chi connectivity index (χ2v) is 7.24. The number of amides is 1. The zero-order valence-electron chi connectivity index (χ0n) is 12.9. The number of hydrogen-bond acceptors (Lipinski definition) is 2. The predicted molar refractivity (Wildman–Crippen MR) is 87.2 cm³/mol. The van der Waals surface area contributed by atoms with Crippen molar-refractivity contribution in [3.05, 3.63) is 0 Å². The van der Waals surface area contributed by atoms with Crippen LogP contribution in [-0.2, 0) is 4.79 Å². The van der Waals surface area contributed by atoms with E-state index in [4.69, 9.17) is 0 Å². The summed E-state index contributed by atoms with van der Waals surface area (Å²) in [6, 6.07) is 0. The van der Waals surface area contributed by atoms with Crippen LogP contribution in [0.15, 0.2) is 0 Å². The molecule has 0 N–H and O–H groups in total. The van der Waals surface area contributed by atoms with Gasteiger partial charge in [0.05, 0.1) is 0 Å². The molecule has 0 atom stereocenters. The molecule has 2 aliphatic rings. The van der Waals surface area contributed by atoms with E-state index in [1.807, 2.05) is 4.90 Å². The summed E-state index contributed by atoms with van der Waals surface area (Å²) >= 11 is 3.79. The topological polar surface area (TPSA) is 23.6 Å². The van der Waals surface area contributed by atoms with Crippen molar-refractivity contribution in [1.29, 1.82) is 0 Å². The van der Waals surface area contributed by atoms with E-state index >= 15 is 0 Å². The van der Waals surface area contributed by atoms with Gasteiger partial charge in [-0.25, -0.2) is 0 Å². The highest BCUT2D eigenvalue weighted by atomic mass is 79.9. The first-order chi connectivity index (χ1) is 9.65. The van der Waals surface area contributed by atoms with E-state index in [1.165, 1.54) is 45.1 Å². The number of carbonyl (C=O) groups is 1. The summed E-state index contributed by atoms with van der Waals surface area (Å²) in [7, 11) is 0. The average Bonchev–Trinajstić information content (AvgIpc) is 2.80. The fraction of sp³-hybridized carbons (Fsp3) is 0.938. The van der Waals surface area contributed by atoms with Gasteiger partial charge in [0.1, 0.15) is 0 Å². The van der Waals surface area contributed by atoms with Crippen molar-refractivity contribution < 1.29 is 4.79 Å². The molecule has 1 saturated carbocycles. The number of hydrogen-bond donors (Lipinski definition) is 0. The quantitative estimate of drug-likeness (QED) is 0.579. The lowest BCUT2D eigenvalue weighted by molar-refractivity contribution is -0.128. The maximum atomic E-state index is 11.5. The Kier molecular flexibility index (Phi) is 6.34. The summed E-state index contributed by atoms with van der Waals surface area (Å²) in [4.78, 5) is 16.1. The molecule has 0 spiro atoms. The maximum Gasteiger partial charge on any atom is 0.219 e. The number of halogens is 1. The van der Waals surface area contributed by atoms with Gasteiger partial charge in [0.25, 0.3) is 0 Å². The van der Waals surface area contributed by atoms with Crippen molar-refractivity contribution in [2.75, 3.05) is 38.1 Å². The van der Waals surface area contributed by atoms with Crippen LogP contribution in [0.3, 0.4) is 0 Å². The Balaban J connectivity index is 1.91. The van der Waals surface area contributed by atoms with Crippen molar-refractivity contribution >= 4 is 21.8 Å². The van der Waals surface area contributed by atoms with Gasteiger partial charge in [-0.2, -0.15) is 0 Å². The summed E-state index contributed by atoms with van der Waals surface area (Å²) < 4.78 is 0. The molecule has 2 rings (SSSR count). The highest BCUT2D eigenvalue weighted by Gasteiger charge is 2.32. The van der Waals surface area contributed by atoms with Crippen LogP contribution in [0.5, 0.6) is 0 Å². The standard InChI is InChI=1S/C16H29BrN2O/c1-15(20)19-10-6-9-18(11-12-19)14-16(13-17)7-4-2-3-5-8-16/h2-14H2,1H3. The number of alkyl halides is 1. The van der Waals surface area contributed by atoms with Crippen molar-refractivity contribution in [2.45, 2.75) is 51.9 Å². The lowest BCUT2D eigenvalue weighted by Crippen LogP contribution is -2.41. The Labute approximate surface area is 132 Å². The molecule has 4 heteroatoms. The minimum absolute atomic E-state index is 0.233. The Morgan fingerprint density at radius 2 is 1.70 bits per heavy atom. The molecule has 0 aromatic heterocycles. The highest BCUT2D eigenvalue weighted by Crippen LogP contribution is 2.37. The third kappa shape index (κ3) is 4.45. The average molecular weight is 345 g/mol. The molecule has 0 unspecified atom stereocenters. The van der Waals surface area contributed by atoms with Gasteiger partial charge in [-0.15, -0.1) is 0 Å². The molecule has 1 saturated heterocycles. The lowest BCUT2D eigenvalue weighted by atomic mass is 9.82. The van der Waals surface area contributed by atoms with Crippen LogP contribution in [0.25, 0.3) is 0 Å². The van der Waals surface area contributed by atoms with Crippen LogP contribution < -0.4 is 0 Å². The lowest BCUT2D eigenvalue weighted by Gasteiger charge is -2.36. The van der Waals surface area contributed by atoms with Gasteiger partial charge in [0, 0.05) is 38.4 Å². The minimum Gasteiger partial charge on any atom is -0.342 e. The van der Waals surface area contributed by atoms with E-state index in [9.17, 15) is 4.79 Å². The number of carbonyl (C=O) groups excluding carboxylic acids is 1. The molecule has 0 aromatic rings. The van der Waals surface area contributed by atoms with Gasteiger partial charge in [-0.1, -0.05) is 41.6 Å². The molecule has 1 aliphatic carbocycles. The molecule has 116 valence electrons. The highest BCUT2D eigenvalue weighted by molar-refractivity contribution is 9.09. The summed E-state index contributed by atoms with van der Waals surface area (Å²) in [5, 5.41) is 1.13. The molecule has 20 heavy (non-hydrogen) atoms. The van der Waals surface area contributed by atoms with Crippen LogP contribution in [0.4, 0.5) is 0 Å². The van der Waals surface area contributed by atoms with Gasteiger partial charge >= 0.3 is 0 Å². The van der Waals surface area contributed by atoms with Gasteiger partial charge in [0.2, 0.25) is 5.91 Å². The van der Waals surface area contributed by atoms with Crippen LogP contribution in [0.2, 0.25) is 0 Å². The molecule has 1 heterocycles. The molecule has 1 amide bonds. The number of nitrogens with zero attached hydrogens (tertiary/aromatic N) is 2. The van der Waals surface area contributed by atoms with Crippen molar-refractivity contribution in [3.8, 4) is 0 Å². The molecule has 2 fully saturated rings. The molecular weight excluding hydrogens is 316 g/mol. The fourth-order valence-corrected chi connectivity index (χ4v) is 4.47. The SMILES string of the molecule is CC(=O)N1CCCN(CC2(CBr)CCCCCC2)CC1. The second kappa shape index (κ2) is 7.79. The molecular formula is C16H29BrN2O. The van der Waals surface area contributed by atoms with Crippen LogP contribution in [0, 0.1) is 5.41 Å². The maximum absolute atomic E-state index is 11.5. The molecule has 1 aliphatic heterocycles. The first-order valence-electron chi connectivity index (χ1n) is 8.19. The largest absolute Gasteiger partial charge is 0.342 e. The van der Waals surface area contributed by atoms with E-state index < -0.39 is 0 Å². The van der Waals surface area contributed by atoms with Crippen molar-refractivity contribution in [2.24, 2.45) is 5.41 Å². The smallest absolute Gasteiger partial charge is 0.219 e. The monoisotopic (exact) mass is 344 g/mol. The first kappa shape index (κ1) is 16.3. The Morgan fingerprint density at radius 3 is 2.30 bits per heavy atom. The van der Waals surface area contributed by atoms with Gasteiger partial charge in [-0.05, 0) is 31.2 Å². The van der Waals surface area contributed by atoms with Crippen LogP contribution >= 0.6 is 15.9 Å². The van der Waals surface area contributed by atoms with E-state index in [-0.39, 0.29) is 5.91 Å². The summed E-state index contributed by atoms with van der Waals surface area (Å²) in [6.45, 7) is 6.96. The third-order valence-electron chi connectivity index (χ3n) is 5.04. The van der Waals surface area contributed by atoms with Gasteiger partial charge in [-0.3, -0.25) is 4.79 Å². The van der Waals surface area contributed by atoms with Crippen molar-refractivity contribution in [1.82, 2.24) is 9.80 Å². The summed E-state index contributed by atoms with van der Waals surface area (Å²) in [5.41, 5.74) is 0.474. The molecule has 0 aromatic carbocycles. The van der Waals surface area contributed by atoms with Gasteiger partial charge in [0.15, 0.2) is 0 Å². The summed E-state index contributed by atoms with van der Waals surface area (Å²) in [5.74, 6) is 0.233. The molecule has 0 bridgehead atoms. The van der Waals surface area contributed by atoms with E-state index in [0.717, 1.165) is 37.9 Å². The van der Waals surface area contributed by atoms with Crippen LogP contribution in [-0.4, -0.2) is 53.8 Å². The van der Waals surface area contributed by atoms with E-state index in [2.05, 4.69) is 20.8 Å². The fourth-order valence-electron chi connectivity index (χ4n) is 3.73. The zero-order valence-corrected chi connectivity index (χ0v) is 14.5. The second-order valence-electron chi connectivity index (χ2n) is 6.68. The van der Waals surface area contributed by atoms with Crippen LogP contribution in [0.1, 0.15) is 51.9 Å². The normalized spacial score (nSPS) is 25.0. The molecule has 0 radical (unpaired) electrons. The Morgan fingerprint density at radius 1 is 1.00 bits per heavy atom. The van der Waals surface area contributed by atoms with Gasteiger partial charge < -0.3 is 9.80 Å².